The van der Waals surface area contributed by atoms with Crippen LogP contribution in [-0.4, -0.2) is 67.1 Å². The van der Waals surface area contributed by atoms with E-state index < -0.39 is 10.0 Å². The molecule has 0 heterocycles. The average Bonchev–Trinajstić information content (AvgIpc) is 2.78. The minimum absolute atomic E-state index is 0.0244. The van der Waals surface area contributed by atoms with Crippen LogP contribution >= 0.6 is 0 Å². The summed E-state index contributed by atoms with van der Waals surface area (Å²) in [7, 11) is 4.50. The third kappa shape index (κ3) is 5.88. The molecule has 0 spiro atoms. The number of benzene rings is 2. The van der Waals surface area contributed by atoms with Crippen LogP contribution in [0.25, 0.3) is 0 Å². The van der Waals surface area contributed by atoms with Gasteiger partial charge in [-0.25, -0.2) is 8.42 Å². The predicted molar refractivity (Wildman–Crippen MR) is 129 cm³/mol. The van der Waals surface area contributed by atoms with Crippen molar-refractivity contribution in [2.45, 2.75) is 25.2 Å². The van der Waals surface area contributed by atoms with Crippen LogP contribution < -0.4 is 24.4 Å². The Morgan fingerprint density at radius 2 is 1.52 bits per heavy atom. The number of rotatable bonds is 11. The van der Waals surface area contributed by atoms with E-state index in [0.29, 0.717) is 47.3 Å². The van der Waals surface area contributed by atoms with E-state index in [4.69, 9.17) is 14.2 Å². The van der Waals surface area contributed by atoms with Crippen molar-refractivity contribution in [3.05, 3.63) is 35.9 Å². The molecule has 0 aliphatic rings. The van der Waals surface area contributed by atoms with Gasteiger partial charge >= 0.3 is 0 Å². The molecule has 0 aromatic heterocycles. The Balaban J connectivity index is 2.39. The molecule has 0 aliphatic carbocycles. The molecule has 0 fully saturated rings. The van der Waals surface area contributed by atoms with E-state index in [0.717, 1.165) is 0 Å². The molecule has 1 amide bonds. The van der Waals surface area contributed by atoms with Gasteiger partial charge in [-0.15, -0.1) is 0 Å². The van der Waals surface area contributed by atoms with Gasteiger partial charge in [0.15, 0.2) is 11.5 Å². The fourth-order valence-electron chi connectivity index (χ4n) is 3.50. The number of amides is 1. The second-order valence-electron chi connectivity index (χ2n) is 7.42. The first-order chi connectivity index (χ1) is 15.6. The first-order valence-electron chi connectivity index (χ1n) is 10.5. The highest BCUT2D eigenvalue weighted by atomic mass is 32.2. The number of hydrogen-bond donors (Lipinski definition) is 1. The van der Waals surface area contributed by atoms with Crippen LogP contribution in [0, 0.1) is 0 Å². The standard InChI is InChI=1S/C23H33N3O6S/c1-8-26(9-2)33(28,29)17-10-11-19(25(3)4)18(15-17)24-22(27)14-16-12-20(30-5)23(32-7)21(13-16)31-6/h10-13,15H,8-9,14H2,1-7H3,(H,24,27). The molecule has 2 aromatic carbocycles. The van der Waals surface area contributed by atoms with E-state index in [1.54, 1.807) is 38.1 Å². The number of anilines is 2. The van der Waals surface area contributed by atoms with Crippen LogP contribution in [0.2, 0.25) is 0 Å². The van der Waals surface area contributed by atoms with Crippen LogP contribution in [0.5, 0.6) is 17.2 Å². The van der Waals surface area contributed by atoms with Crippen molar-refractivity contribution in [1.82, 2.24) is 4.31 Å². The zero-order chi connectivity index (χ0) is 24.8. The van der Waals surface area contributed by atoms with Gasteiger partial charge in [-0.1, -0.05) is 13.8 Å². The molecule has 1 N–H and O–H groups in total. The summed E-state index contributed by atoms with van der Waals surface area (Å²) in [5.41, 5.74) is 1.75. The summed E-state index contributed by atoms with van der Waals surface area (Å²) in [6, 6.07) is 8.14. The number of nitrogens with zero attached hydrogens (tertiary/aromatic N) is 2. The van der Waals surface area contributed by atoms with E-state index in [2.05, 4.69) is 5.32 Å². The molecule has 10 heteroatoms. The van der Waals surface area contributed by atoms with Crippen LogP contribution in [-0.2, 0) is 21.2 Å². The summed E-state index contributed by atoms with van der Waals surface area (Å²) in [4.78, 5) is 14.8. The third-order valence-corrected chi connectivity index (χ3v) is 7.20. The van der Waals surface area contributed by atoms with Crippen LogP contribution in [0.1, 0.15) is 19.4 Å². The van der Waals surface area contributed by atoms with Crippen molar-refractivity contribution < 1.29 is 27.4 Å². The maximum atomic E-state index is 13.0. The number of hydrogen-bond acceptors (Lipinski definition) is 7. The number of nitrogens with one attached hydrogen (secondary N) is 1. The largest absolute Gasteiger partial charge is 0.493 e. The van der Waals surface area contributed by atoms with Gasteiger partial charge in [-0.05, 0) is 35.9 Å². The zero-order valence-electron chi connectivity index (χ0n) is 20.3. The Morgan fingerprint density at radius 3 is 1.97 bits per heavy atom. The molecule has 33 heavy (non-hydrogen) atoms. The Morgan fingerprint density at radius 1 is 0.939 bits per heavy atom. The number of methoxy groups -OCH3 is 3. The summed E-state index contributed by atoms with van der Waals surface area (Å²) in [6.45, 7) is 4.29. The normalized spacial score (nSPS) is 11.3. The first kappa shape index (κ1) is 26.3. The highest BCUT2D eigenvalue weighted by Gasteiger charge is 2.23. The van der Waals surface area contributed by atoms with Crippen molar-refractivity contribution in [1.29, 1.82) is 0 Å². The van der Waals surface area contributed by atoms with Crippen molar-refractivity contribution in [2.24, 2.45) is 0 Å². The number of carbonyl (C=O) groups excluding carboxylic acids is 1. The number of sulfonamides is 1. The predicted octanol–water partition coefficient (Wildman–Crippen LogP) is 2.99. The van der Waals surface area contributed by atoms with Crippen molar-refractivity contribution in [3.8, 4) is 17.2 Å². The minimum atomic E-state index is -3.67. The highest BCUT2D eigenvalue weighted by molar-refractivity contribution is 7.89. The average molecular weight is 480 g/mol. The molecule has 0 bridgehead atoms. The van der Waals surface area contributed by atoms with Crippen molar-refractivity contribution in [2.75, 3.05) is 58.7 Å². The second kappa shape index (κ2) is 11.2. The lowest BCUT2D eigenvalue weighted by atomic mass is 10.1. The molecule has 0 unspecified atom stereocenters. The smallest absolute Gasteiger partial charge is 0.243 e. The van der Waals surface area contributed by atoms with Crippen LogP contribution in [0.15, 0.2) is 35.2 Å². The fraction of sp³-hybridized carbons (Fsp3) is 0.435. The summed E-state index contributed by atoms with van der Waals surface area (Å²) >= 11 is 0. The maximum absolute atomic E-state index is 13.0. The highest BCUT2D eigenvalue weighted by Crippen LogP contribution is 2.38. The topological polar surface area (TPSA) is 97.4 Å². The molecular formula is C23H33N3O6S. The van der Waals surface area contributed by atoms with Crippen LogP contribution in [0.3, 0.4) is 0 Å². The van der Waals surface area contributed by atoms with Gasteiger partial charge in [0.2, 0.25) is 21.7 Å². The summed E-state index contributed by atoms with van der Waals surface area (Å²) in [5, 5.41) is 2.85. The lowest BCUT2D eigenvalue weighted by Gasteiger charge is -2.22. The van der Waals surface area contributed by atoms with Gasteiger partial charge in [0.05, 0.1) is 44.0 Å². The van der Waals surface area contributed by atoms with E-state index in [1.165, 1.54) is 31.7 Å². The van der Waals surface area contributed by atoms with E-state index in [9.17, 15) is 13.2 Å². The Kier molecular flexibility index (Phi) is 8.95. The Labute approximate surface area is 196 Å². The molecule has 182 valence electrons. The number of ether oxygens (including phenoxy) is 3. The Hall–Kier alpha value is -2.98. The third-order valence-electron chi connectivity index (χ3n) is 5.16. The lowest BCUT2D eigenvalue weighted by molar-refractivity contribution is -0.115. The Bertz CT molecular complexity index is 1060. The molecule has 0 atom stereocenters. The maximum Gasteiger partial charge on any atom is 0.243 e. The van der Waals surface area contributed by atoms with E-state index in [-0.39, 0.29) is 17.2 Å². The zero-order valence-corrected chi connectivity index (χ0v) is 21.1. The summed E-state index contributed by atoms with van der Waals surface area (Å²) in [6.07, 6.45) is 0.0244. The SMILES string of the molecule is CCN(CC)S(=O)(=O)c1ccc(N(C)C)c(NC(=O)Cc2cc(OC)c(OC)c(OC)c2)c1. The molecule has 0 radical (unpaired) electrons. The lowest BCUT2D eigenvalue weighted by Crippen LogP contribution is -2.30. The fourth-order valence-corrected chi connectivity index (χ4v) is 4.98. The summed E-state index contributed by atoms with van der Waals surface area (Å²) < 4.78 is 43.3. The van der Waals surface area contributed by atoms with Gasteiger partial charge in [-0.2, -0.15) is 4.31 Å². The molecule has 9 nitrogen and oxygen atoms in total. The van der Waals surface area contributed by atoms with E-state index >= 15 is 0 Å². The van der Waals surface area contributed by atoms with Crippen molar-refractivity contribution >= 4 is 27.3 Å². The van der Waals surface area contributed by atoms with Gasteiger partial charge in [0.1, 0.15) is 0 Å². The second-order valence-corrected chi connectivity index (χ2v) is 9.36. The molecule has 2 aromatic rings. The summed E-state index contributed by atoms with van der Waals surface area (Å²) in [5.74, 6) is 1.01. The molecule has 0 aliphatic heterocycles. The molecule has 2 rings (SSSR count). The monoisotopic (exact) mass is 479 g/mol. The quantitative estimate of drug-likeness (QED) is 0.529. The number of carbonyl (C=O) groups is 1. The minimum Gasteiger partial charge on any atom is -0.493 e. The van der Waals surface area contributed by atoms with Crippen molar-refractivity contribution in [3.63, 3.8) is 0 Å². The van der Waals surface area contributed by atoms with Gasteiger partial charge < -0.3 is 24.4 Å². The van der Waals surface area contributed by atoms with Gasteiger partial charge in [0.25, 0.3) is 0 Å². The molecular weight excluding hydrogens is 446 g/mol. The first-order valence-corrected chi connectivity index (χ1v) is 12.0. The van der Waals surface area contributed by atoms with Crippen LogP contribution in [0.4, 0.5) is 11.4 Å². The van der Waals surface area contributed by atoms with Gasteiger partial charge in [-0.3, -0.25) is 4.79 Å². The van der Waals surface area contributed by atoms with E-state index in [1.807, 2.05) is 19.0 Å². The van der Waals surface area contributed by atoms with Gasteiger partial charge in [0, 0.05) is 27.2 Å². The molecule has 0 saturated heterocycles. The molecule has 0 saturated carbocycles.